The number of ether oxygens (including phenoxy) is 1. The molecule has 0 unspecified atom stereocenters. The van der Waals surface area contributed by atoms with Crippen molar-refractivity contribution in [3.8, 4) is 0 Å². The molecule has 5 heteroatoms. The van der Waals surface area contributed by atoms with E-state index in [-0.39, 0.29) is 18.1 Å². The smallest absolute Gasteiger partial charge is 0.310 e. The third-order valence-electron chi connectivity index (χ3n) is 4.29. The number of carboxylic acid groups (broad SMARTS) is 1. The quantitative estimate of drug-likeness (QED) is 0.704. The second-order valence-corrected chi connectivity index (χ2v) is 6.57. The van der Waals surface area contributed by atoms with Crippen LogP contribution < -0.4 is 5.32 Å². The van der Waals surface area contributed by atoms with E-state index in [9.17, 15) is 14.7 Å². The van der Waals surface area contributed by atoms with Crippen molar-refractivity contribution in [1.82, 2.24) is 5.32 Å². The van der Waals surface area contributed by atoms with Gasteiger partial charge in [0.25, 0.3) is 0 Å². The Kier molecular flexibility index (Phi) is 5.04. The zero-order valence-corrected chi connectivity index (χ0v) is 12.9. The molecule has 0 saturated carbocycles. The molecule has 0 aromatic rings. The lowest BCUT2D eigenvalue weighted by Crippen LogP contribution is -2.45. The summed E-state index contributed by atoms with van der Waals surface area (Å²) in [4.78, 5) is 23.7. The van der Waals surface area contributed by atoms with Gasteiger partial charge in [0.1, 0.15) is 5.92 Å². The van der Waals surface area contributed by atoms with Crippen molar-refractivity contribution >= 4 is 11.9 Å². The number of carboxylic acids is 1. The van der Waals surface area contributed by atoms with Crippen LogP contribution in [0.5, 0.6) is 0 Å². The number of fused-ring (bicyclic) bond motifs is 2. The van der Waals surface area contributed by atoms with Crippen LogP contribution in [0, 0.1) is 17.8 Å². The van der Waals surface area contributed by atoms with Crippen LogP contribution in [0.3, 0.4) is 0 Å². The minimum absolute atomic E-state index is 0.0637. The summed E-state index contributed by atoms with van der Waals surface area (Å²) in [5.74, 6) is -1.86. The molecule has 1 saturated heterocycles. The monoisotopic (exact) mass is 295 g/mol. The van der Waals surface area contributed by atoms with Crippen LogP contribution in [0.25, 0.3) is 0 Å². The number of rotatable bonds is 7. The maximum absolute atomic E-state index is 12.4. The predicted molar refractivity (Wildman–Crippen MR) is 78.7 cm³/mol. The SMILES string of the molecule is CC(C)CCC[C@@H](C)NC(=O)[C@@H]1[C@@H](C(=O)O)[C@@H]2C=C[C@@H]1O2. The van der Waals surface area contributed by atoms with Crippen molar-refractivity contribution in [1.29, 1.82) is 0 Å². The summed E-state index contributed by atoms with van der Waals surface area (Å²) in [5.41, 5.74) is 0. The van der Waals surface area contributed by atoms with E-state index in [1.54, 1.807) is 12.2 Å². The summed E-state index contributed by atoms with van der Waals surface area (Å²) >= 11 is 0. The summed E-state index contributed by atoms with van der Waals surface area (Å²) in [7, 11) is 0. The van der Waals surface area contributed by atoms with E-state index in [4.69, 9.17) is 4.74 Å². The molecule has 5 atom stereocenters. The minimum Gasteiger partial charge on any atom is -0.481 e. The number of hydrogen-bond acceptors (Lipinski definition) is 3. The van der Waals surface area contributed by atoms with Crippen molar-refractivity contribution < 1.29 is 19.4 Å². The van der Waals surface area contributed by atoms with Crippen LogP contribution >= 0.6 is 0 Å². The first-order chi connectivity index (χ1) is 9.90. The Bertz CT molecular complexity index is 432. The molecule has 0 spiro atoms. The van der Waals surface area contributed by atoms with Gasteiger partial charge in [-0.3, -0.25) is 9.59 Å². The third-order valence-corrected chi connectivity index (χ3v) is 4.29. The van der Waals surface area contributed by atoms with E-state index in [0.29, 0.717) is 5.92 Å². The molecule has 2 aliphatic rings. The highest BCUT2D eigenvalue weighted by atomic mass is 16.5. The molecule has 2 aliphatic heterocycles. The fraction of sp³-hybridized carbons (Fsp3) is 0.750. The van der Waals surface area contributed by atoms with E-state index >= 15 is 0 Å². The highest BCUT2D eigenvalue weighted by molar-refractivity contribution is 5.87. The van der Waals surface area contributed by atoms with Gasteiger partial charge in [0.2, 0.25) is 5.91 Å². The normalized spacial score (nSPS) is 31.6. The maximum Gasteiger partial charge on any atom is 0.310 e. The molecule has 1 fully saturated rings. The Morgan fingerprint density at radius 1 is 1.14 bits per heavy atom. The lowest BCUT2D eigenvalue weighted by Gasteiger charge is -2.23. The Labute approximate surface area is 125 Å². The van der Waals surface area contributed by atoms with Crippen molar-refractivity contribution in [2.45, 2.75) is 58.3 Å². The lowest BCUT2D eigenvalue weighted by molar-refractivity contribution is -0.146. The van der Waals surface area contributed by atoms with Crippen molar-refractivity contribution in [3.63, 3.8) is 0 Å². The van der Waals surface area contributed by atoms with Crippen molar-refractivity contribution in [2.75, 3.05) is 0 Å². The first-order valence-corrected chi connectivity index (χ1v) is 7.77. The van der Waals surface area contributed by atoms with E-state index in [2.05, 4.69) is 19.2 Å². The summed E-state index contributed by atoms with van der Waals surface area (Å²) in [6.07, 6.45) is 5.82. The first kappa shape index (κ1) is 16.0. The van der Waals surface area contributed by atoms with E-state index in [0.717, 1.165) is 19.3 Å². The molecular formula is C16H25NO4. The maximum atomic E-state index is 12.4. The molecule has 2 rings (SSSR count). The van der Waals surface area contributed by atoms with Gasteiger partial charge in [-0.15, -0.1) is 0 Å². The van der Waals surface area contributed by atoms with E-state index in [1.165, 1.54) is 0 Å². The molecule has 0 aliphatic carbocycles. The number of carbonyl (C=O) groups excluding carboxylic acids is 1. The number of aliphatic carboxylic acids is 1. The zero-order chi connectivity index (χ0) is 15.6. The van der Waals surface area contributed by atoms with Crippen molar-refractivity contribution in [3.05, 3.63) is 12.2 Å². The van der Waals surface area contributed by atoms with Crippen LogP contribution in [0.2, 0.25) is 0 Å². The largest absolute Gasteiger partial charge is 0.481 e. The molecule has 0 aromatic carbocycles. The van der Waals surface area contributed by atoms with Crippen LogP contribution in [0.1, 0.15) is 40.0 Å². The third kappa shape index (κ3) is 3.64. The van der Waals surface area contributed by atoms with Gasteiger partial charge in [0.15, 0.2) is 0 Å². The molecule has 5 nitrogen and oxygen atoms in total. The average molecular weight is 295 g/mol. The number of amides is 1. The number of hydrogen-bond donors (Lipinski definition) is 2. The Hall–Kier alpha value is -1.36. The van der Waals surface area contributed by atoms with Crippen LogP contribution in [-0.2, 0) is 14.3 Å². The topological polar surface area (TPSA) is 75.6 Å². The van der Waals surface area contributed by atoms with Gasteiger partial charge >= 0.3 is 5.97 Å². The van der Waals surface area contributed by atoms with Gasteiger partial charge < -0.3 is 15.2 Å². The molecule has 0 aromatic heterocycles. The van der Waals surface area contributed by atoms with Gasteiger partial charge in [-0.1, -0.05) is 38.8 Å². The Morgan fingerprint density at radius 3 is 2.33 bits per heavy atom. The molecule has 1 amide bonds. The van der Waals surface area contributed by atoms with Crippen molar-refractivity contribution in [2.24, 2.45) is 17.8 Å². The molecule has 118 valence electrons. The summed E-state index contributed by atoms with van der Waals surface area (Å²) in [6.45, 7) is 6.33. The highest BCUT2D eigenvalue weighted by Gasteiger charge is 2.53. The van der Waals surface area contributed by atoms with Gasteiger partial charge in [-0.2, -0.15) is 0 Å². The number of carbonyl (C=O) groups is 2. The molecule has 21 heavy (non-hydrogen) atoms. The van der Waals surface area contributed by atoms with Gasteiger partial charge in [-0.25, -0.2) is 0 Å². The van der Waals surface area contributed by atoms with Crippen LogP contribution in [0.4, 0.5) is 0 Å². The van der Waals surface area contributed by atoms with Gasteiger partial charge in [0.05, 0.1) is 18.1 Å². The second kappa shape index (κ2) is 6.60. The molecule has 2 heterocycles. The second-order valence-electron chi connectivity index (χ2n) is 6.57. The Morgan fingerprint density at radius 2 is 1.76 bits per heavy atom. The van der Waals surface area contributed by atoms with Gasteiger partial charge in [0, 0.05) is 6.04 Å². The average Bonchev–Trinajstić information content (AvgIpc) is 2.97. The predicted octanol–water partition coefficient (Wildman–Crippen LogP) is 1.97. The lowest BCUT2D eigenvalue weighted by atomic mass is 9.82. The standard InChI is InChI=1S/C16H25NO4/c1-9(2)5-4-6-10(3)17-15(18)13-11-7-8-12(21-11)14(13)16(19)20/h7-14H,4-6H2,1-3H3,(H,17,18)(H,19,20)/t10-,11+,12+,13+,14+/m1/s1. The molecule has 2 N–H and O–H groups in total. The van der Waals surface area contributed by atoms with E-state index in [1.807, 2.05) is 6.92 Å². The highest BCUT2D eigenvalue weighted by Crippen LogP contribution is 2.39. The van der Waals surface area contributed by atoms with E-state index < -0.39 is 23.9 Å². The molecule has 2 bridgehead atoms. The van der Waals surface area contributed by atoms with Crippen LogP contribution in [0.15, 0.2) is 12.2 Å². The molecule has 0 radical (unpaired) electrons. The summed E-state index contributed by atoms with van der Waals surface area (Å²) < 4.78 is 5.52. The van der Waals surface area contributed by atoms with Gasteiger partial charge in [-0.05, 0) is 19.3 Å². The fourth-order valence-corrected chi connectivity index (χ4v) is 3.16. The van der Waals surface area contributed by atoms with Crippen LogP contribution in [-0.4, -0.2) is 35.2 Å². The first-order valence-electron chi connectivity index (χ1n) is 7.77. The fourth-order valence-electron chi connectivity index (χ4n) is 3.16. The number of nitrogens with one attached hydrogen (secondary N) is 1. The summed E-state index contributed by atoms with van der Waals surface area (Å²) in [5, 5.41) is 12.2. The Balaban J connectivity index is 1.88. The molecular weight excluding hydrogens is 270 g/mol. The summed E-state index contributed by atoms with van der Waals surface area (Å²) in [6, 6.07) is 0.0637. The minimum atomic E-state index is -0.959. The zero-order valence-electron chi connectivity index (χ0n) is 12.9.